The second-order valence-corrected chi connectivity index (χ2v) is 10.1. The Bertz CT molecular complexity index is 1530. The fourth-order valence-electron chi connectivity index (χ4n) is 5.03. The van der Waals surface area contributed by atoms with Crippen LogP contribution in [0.5, 0.6) is 0 Å². The number of rotatable bonds is 11. The number of carbonyl (C=O) groups excluding carboxylic acids is 1. The summed E-state index contributed by atoms with van der Waals surface area (Å²) in [6.07, 6.45) is -0.463. The largest absolute Gasteiger partial charge is 0.512 e. The maximum Gasteiger partial charge on any atom is 0.331 e. The Morgan fingerprint density at radius 3 is 2.10 bits per heavy atom. The van der Waals surface area contributed by atoms with Gasteiger partial charge in [-0.1, -0.05) is 62.4 Å². The standard InChI is InChI=1S/C33H33FN2O5/c1-21(2)31-30(33(41)35-25-11-7-4-8-12-25)29(22-9-5-3-6-10-22)32(23-13-15-24(34)16-14-23)36(31)18-17-26(37)19-27(38)20-28(39)40/h3-16,20-21,26,37-38H,17-19H2,1-2H3,(H,35,41)(H,39,40)/b27-20-/t26-/m0/s1. The Labute approximate surface area is 238 Å². The minimum absolute atomic E-state index is 0.124. The topological polar surface area (TPSA) is 112 Å². The Hall–Kier alpha value is -4.69. The van der Waals surface area contributed by atoms with Gasteiger partial charge in [0, 0.05) is 29.9 Å². The van der Waals surface area contributed by atoms with Gasteiger partial charge < -0.3 is 25.2 Å². The summed E-state index contributed by atoms with van der Waals surface area (Å²) in [7, 11) is 0. The third kappa shape index (κ3) is 7.10. The molecule has 0 fully saturated rings. The number of carbonyl (C=O) groups is 2. The first-order valence-electron chi connectivity index (χ1n) is 13.4. The molecule has 0 saturated heterocycles. The lowest BCUT2D eigenvalue weighted by molar-refractivity contribution is -0.131. The first-order chi connectivity index (χ1) is 19.7. The molecule has 0 bridgehead atoms. The van der Waals surface area contributed by atoms with E-state index >= 15 is 0 Å². The molecule has 7 nitrogen and oxygen atoms in total. The maximum absolute atomic E-state index is 14.0. The highest BCUT2D eigenvalue weighted by Gasteiger charge is 2.30. The summed E-state index contributed by atoms with van der Waals surface area (Å²) in [5.41, 5.74) is 4.69. The first kappa shape index (κ1) is 29.3. The Balaban J connectivity index is 1.92. The summed E-state index contributed by atoms with van der Waals surface area (Å²) >= 11 is 0. The van der Waals surface area contributed by atoms with Gasteiger partial charge in [-0.15, -0.1) is 0 Å². The predicted molar refractivity (Wildman–Crippen MR) is 157 cm³/mol. The number of aliphatic hydroxyl groups is 2. The van der Waals surface area contributed by atoms with E-state index in [-0.39, 0.29) is 31.2 Å². The van der Waals surface area contributed by atoms with Crippen molar-refractivity contribution < 1.29 is 29.3 Å². The van der Waals surface area contributed by atoms with Crippen LogP contribution in [0.25, 0.3) is 22.4 Å². The van der Waals surface area contributed by atoms with Crippen molar-refractivity contribution in [3.8, 4) is 22.4 Å². The van der Waals surface area contributed by atoms with E-state index < -0.39 is 23.6 Å². The van der Waals surface area contributed by atoms with Crippen LogP contribution < -0.4 is 5.32 Å². The number of aromatic nitrogens is 1. The fourth-order valence-corrected chi connectivity index (χ4v) is 5.03. The Kier molecular flexibility index (Phi) is 9.37. The van der Waals surface area contributed by atoms with Crippen molar-refractivity contribution in [3.05, 3.63) is 114 Å². The molecule has 0 aliphatic heterocycles. The average Bonchev–Trinajstić information content (AvgIpc) is 3.28. The van der Waals surface area contributed by atoms with E-state index in [1.165, 1.54) is 12.1 Å². The number of hydrogen-bond donors (Lipinski definition) is 4. The summed E-state index contributed by atoms with van der Waals surface area (Å²) in [5, 5.41) is 32.5. The fraction of sp³-hybridized carbons (Fsp3) is 0.212. The Morgan fingerprint density at radius 2 is 1.51 bits per heavy atom. The number of nitrogens with one attached hydrogen (secondary N) is 1. The van der Waals surface area contributed by atoms with Gasteiger partial charge in [-0.2, -0.15) is 0 Å². The van der Waals surface area contributed by atoms with Gasteiger partial charge in [-0.05, 0) is 59.9 Å². The molecule has 4 rings (SSSR count). The van der Waals surface area contributed by atoms with Gasteiger partial charge in [0.15, 0.2) is 0 Å². The number of para-hydroxylation sites is 1. The number of hydrogen-bond acceptors (Lipinski definition) is 4. The van der Waals surface area contributed by atoms with Crippen molar-refractivity contribution in [1.29, 1.82) is 0 Å². The molecule has 4 aromatic rings. The van der Waals surface area contributed by atoms with Crippen molar-refractivity contribution >= 4 is 17.6 Å². The zero-order valence-electron chi connectivity index (χ0n) is 22.9. The van der Waals surface area contributed by atoms with Gasteiger partial charge in [0.25, 0.3) is 5.91 Å². The molecule has 0 aliphatic carbocycles. The molecular weight excluding hydrogens is 523 g/mol. The molecule has 0 saturated carbocycles. The molecule has 4 N–H and O–H groups in total. The van der Waals surface area contributed by atoms with Crippen LogP contribution in [0.3, 0.4) is 0 Å². The van der Waals surface area contributed by atoms with Crippen LogP contribution in [0, 0.1) is 5.82 Å². The molecule has 3 aromatic carbocycles. The predicted octanol–water partition coefficient (Wildman–Crippen LogP) is 7.00. The number of halogens is 1. The Morgan fingerprint density at radius 1 is 0.902 bits per heavy atom. The second kappa shape index (κ2) is 13.1. The van der Waals surface area contributed by atoms with Gasteiger partial charge in [0.1, 0.15) is 11.6 Å². The third-order valence-electron chi connectivity index (χ3n) is 6.71. The minimum atomic E-state index is -1.30. The minimum Gasteiger partial charge on any atom is -0.512 e. The highest BCUT2D eigenvalue weighted by Crippen LogP contribution is 2.42. The van der Waals surface area contributed by atoms with Crippen LogP contribution in [-0.4, -0.2) is 37.9 Å². The number of aliphatic hydroxyl groups excluding tert-OH is 2. The van der Waals surface area contributed by atoms with Crippen molar-refractivity contribution in [2.45, 2.75) is 45.3 Å². The van der Waals surface area contributed by atoms with Crippen molar-refractivity contribution in [2.24, 2.45) is 0 Å². The van der Waals surface area contributed by atoms with E-state index in [1.54, 1.807) is 24.3 Å². The van der Waals surface area contributed by atoms with E-state index in [2.05, 4.69) is 5.32 Å². The van der Waals surface area contributed by atoms with E-state index in [9.17, 15) is 24.2 Å². The van der Waals surface area contributed by atoms with Crippen molar-refractivity contribution in [2.75, 3.05) is 5.32 Å². The number of aliphatic carboxylic acids is 1. The van der Waals surface area contributed by atoms with E-state index in [4.69, 9.17) is 5.11 Å². The van der Waals surface area contributed by atoms with Crippen molar-refractivity contribution in [3.63, 3.8) is 0 Å². The van der Waals surface area contributed by atoms with Gasteiger partial charge in [0.2, 0.25) is 0 Å². The molecule has 1 aromatic heterocycles. The smallest absolute Gasteiger partial charge is 0.331 e. The molecule has 0 unspecified atom stereocenters. The van der Waals surface area contributed by atoms with Crippen LogP contribution in [0.15, 0.2) is 96.8 Å². The van der Waals surface area contributed by atoms with Gasteiger partial charge in [0.05, 0.1) is 23.4 Å². The normalized spacial score (nSPS) is 12.4. The van der Waals surface area contributed by atoms with E-state index in [0.717, 1.165) is 11.3 Å². The number of benzene rings is 3. The number of carboxylic acid groups (broad SMARTS) is 1. The lowest BCUT2D eigenvalue weighted by Crippen LogP contribution is -2.18. The second-order valence-electron chi connectivity index (χ2n) is 10.1. The zero-order valence-corrected chi connectivity index (χ0v) is 22.9. The molecule has 1 heterocycles. The highest BCUT2D eigenvalue weighted by molar-refractivity contribution is 6.12. The summed E-state index contributed by atoms with van der Waals surface area (Å²) in [4.78, 5) is 24.9. The number of amides is 1. The quantitative estimate of drug-likeness (QED) is 0.117. The third-order valence-corrected chi connectivity index (χ3v) is 6.71. The molecule has 0 spiro atoms. The number of carboxylic acids is 1. The van der Waals surface area contributed by atoms with Crippen LogP contribution >= 0.6 is 0 Å². The maximum atomic E-state index is 14.0. The molecule has 0 aliphatic rings. The molecule has 1 atom stereocenters. The summed E-state index contributed by atoms with van der Waals surface area (Å²) in [6.45, 7) is 4.21. The molecule has 0 radical (unpaired) electrons. The summed E-state index contributed by atoms with van der Waals surface area (Å²) < 4.78 is 16.0. The monoisotopic (exact) mass is 556 g/mol. The highest BCUT2D eigenvalue weighted by atomic mass is 19.1. The van der Waals surface area contributed by atoms with Crippen LogP contribution in [0.2, 0.25) is 0 Å². The molecule has 1 amide bonds. The van der Waals surface area contributed by atoms with Crippen molar-refractivity contribution in [1.82, 2.24) is 4.57 Å². The van der Waals surface area contributed by atoms with Gasteiger partial charge >= 0.3 is 5.97 Å². The molecule has 212 valence electrons. The summed E-state index contributed by atoms with van der Waals surface area (Å²) in [5.74, 6) is -2.56. The van der Waals surface area contributed by atoms with Gasteiger partial charge in [-0.25, -0.2) is 9.18 Å². The first-order valence-corrected chi connectivity index (χ1v) is 13.4. The molecule has 8 heteroatoms. The molecule has 41 heavy (non-hydrogen) atoms. The number of anilines is 1. The average molecular weight is 557 g/mol. The SMILES string of the molecule is CC(C)c1c(C(=O)Nc2ccccc2)c(-c2ccccc2)c(-c2ccc(F)cc2)n1CC[C@H](O)C/C(O)=C/C(=O)O. The number of nitrogens with zero attached hydrogens (tertiary/aromatic N) is 1. The summed E-state index contributed by atoms with van der Waals surface area (Å²) in [6, 6.07) is 24.7. The van der Waals surface area contributed by atoms with Crippen LogP contribution in [-0.2, 0) is 11.3 Å². The van der Waals surface area contributed by atoms with Crippen LogP contribution in [0.4, 0.5) is 10.1 Å². The lowest BCUT2D eigenvalue weighted by atomic mass is 9.94. The zero-order chi connectivity index (χ0) is 29.5. The van der Waals surface area contributed by atoms with E-state index in [0.29, 0.717) is 34.1 Å². The van der Waals surface area contributed by atoms with Gasteiger partial charge in [-0.3, -0.25) is 4.79 Å². The van der Waals surface area contributed by atoms with Crippen LogP contribution in [0.1, 0.15) is 48.7 Å². The molecular formula is C33H33FN2O5. The van der Waals surface area contributed by atoms with E-state index in [1.807, 2.05) is 66.9 Å². The lowest BCUT2D eigenvalue weighted by Gasteiger charge is -2.19.